The van der Waals surface area contributed by atoms with Crippen LogP contribution in [0.2, 0.25) is 5.02 Å². The zero-order valence-corrected chi connectivity index (χ0v) is 17.5. The van der Waals surface area contributed by atoms with E-state index < -0.39 is 29.9 Å². The average Bonchev–Trinajstić information content (AvgIpc) is 3.17. The molecule has 1 aromatic rings. The Morgan fingerprint density at radius 1 is 1.34 bits per heavy atom. The van der Waals surface area contributed by atoms with Crippen LogP contribution in [-0.4, -0.2) is 58.6 Å². The smallest absolute Gasteiger partial charge is 0.410 e. The first-order valence-corrected chi connectivity index (χ1v) is 9.60. The molecule has 29 heavy (non-hydrogen) atoms. The van der Waals surface area contributed by atoms with Gasteiger partial charge in [-0.05, 0) is 45.4 Å². The number of alkyl halides is 1. The molecule has 2 atom stereocenters. The minimum Gasteiger partial charge on any atom is -0.444 e. The molecule has 1 saturated heterocycles. The molecule has 9 heteroatoms. The monoisotopic (exact) mass is 422 g/mol. The number of nitrogens with two attached hydrogens (primary N) is 1. The lowest BCUT2D eigenvalue weighted by Gasteiger charge is -2.27. The van der Waals surface area contributed by atoms with E-state index in [0.717, 1.165) is 0 Å². The molecular weight excluding hydrogens is 399 g/mol. The van der Waals surface area contributed by atoms with Crippen LogP contribution in [0.5, 0.6) is 0 Å². The molecule has 2 heterocycles. The van der Waals surface area contributed by atoms with Crippen molar-refractivity contribution in [1.29, 1.82) is 0 Å². The third-order valence-electron chi connectivity index (χ3n) is 4.53. The fraction of sp³-hybridized carbons (Fsp3) is 0.450. The summed E-state index contributed by atoms with van der Waals surface area (Å²) in [6.07, 6.45) is -1.97. The fourth-order valence-corrected chi connectivity index (χ4v) is 3.38. The normalized spacial score (nSPS) is 26.5. The van der Waals surface area contributed by atoms with E-state index in [0.29, 0.717) is 16.2 Å². The quantitative estimate of drug-likeness (QED) is 0.586. The predicted octanol–water partition coefficient (Wildman–Crippen LogP) is 3.08. The van der Waals surface area contributed by atoms with Crippen molar-refractivity contribution in [3.8, 4) is 0 Å². The van der Waals surface area contributed by atoms with Gasteiger partial charge in [0.2, 0.25) is 6.30 Å². The summed E-state index contributed by atoms with van der Waals surface area (Å²) in [4.78, 5) is 26.3. The third kappa shape index (κ3) is 4.70. The topological polar surface area (TPSA) is 88.0 Å². The summed E-state index contributed by atoms with van der Waals surface area (Å²) in [6.45, 7) is 7.08. The van der Waals surface area contributed by atoms with E-state index in [1.807, 2.05) is 0 Å². The van der Waals surface area contributed by atoms with Crippen LogP contribution in [0.1, 0.15) is 33.3 Å². The van der Waals surface area contributed by atoms with E-state index in [1.165, 1.54) is 9.91 Å². The molecule has 0 bridgehead atoms. The lowest BCUT2D eigenvalue weighted by molar-refractivity contribution is -0.114. The Balaban J connectivity index is 2.07. The molecule has 2 aliphatic heterocycles. The van der Waals surface area contributed by atoms with Gasteiger partial charge in [-0.1, -0.05) is 23.7 Å². The van der Waals surface area contributed by atoms with Gasteiger partial charge in [-0.25, -0.2) is 9.18 Å². The number of rotatable bonds is 2. The summed E-state index contributed by atoms with van der Waals surface area (Å²) in [7, 11) is 0. The summed E-state index contributed by atoms with van der Waals surface area (Å²) in [5, 5.41) is 6.03. The first-order valence-electron chi connectivity index (χ1n) is 9.22. The maximum Gasteiger partial charge on any atom is 0.410 e. The van der Waals surface area contributed by atoms with E-state index in [-0.39, 0.29) is 24.4 Å². The lowest BCUT2D eigenvalue weighted by Crippen LogP contribution is -2.40. The molecule has 3 rings (SSSR count). The van der Waals surface area contributed by atoms with Gasteiger partial charge in [0.15, 0.2) is 0 Å². The molecule has 1 fully saturated rings. The van der Waals surface area contributed by atoms with Gasteiger partial charge in [-0.15, -0.1) is 0 Å². The summed E-state index contributed by atoms with van der Waals surface area (Å²) < 4.78 is 19.9. The van der Waals surface area contributed by atoms with Crippen LogP contribution >= 0.6 is 11.6 Å². The van der Waals surface area contributed by atoms with Crippen LogP contribution in [0.3, 0.4) is 0 Å². The maximum atomic E-state index is 14.4. The van der Waals surface area contributed by atoms with E-state index in [4.69, 9.17) is 22.1 Å². The number of ether oxygens (including phenoxy) is 1. The van der Waals surface area contributed by atoms with Crippen molar-refractivity contribution in [2.24, 2.45) is 10.8 Å². The van der Waals surface area contributed by atoms with Crippen LogP contribution < -0.4 is 5.73 Å². The molecule has 2 N–H and O–H groups in total. The number of benzene rings is 1. The molecular formula is C20H24ClFN4O3. The van der Waals surface area contributed by atoms with E-state index in [1.54, 1.807) is 52.0 Å². The standard InChI is InChI=1S/C20H24ClFN4O3/c1-11-9-25(19(28)29-20(2,3)4)10-14-17(22)26(14)24-16(15(11)18(23)27)12-6-5-7-13(21)8-12/h5-8,14,17H,9-10H2,1-4H3,(H2,23,27)/b15-11-,24-16-. The van der Waals surface area contributed by atoms with Crippen LogP contribution in [0.25, 0.3) is 0 Å². The van der Waals surface area contributed by atoms with Crippen LogP contribution in [-0.2, 0) is 9.53 Å². The van der Waals surface area contributed by atoms with Gasteiger partial charge in [0, 0.05) is 17.1 Å². The third-order valence-corrected chi connectivity index (χ3v) is 4.77. The maximum absolute atomic E-state index is 14.4. The lowest BCUT2D eigenvalue weighted by atomic mass is 9.97. The van der Waals surface area contributed by atoms with E-state index in [2.05, 4.69) is 5.10 Å². The Bertz CT molecular complexity index is 909. The zero-order chi connectivity index (χ0) is 21.5. The molecule has 2 unspecified atom stereocenters. The number of primary amides is 1. The highest BCUT2D eigenvalue weighted by molar-refractivity contribution is 6.32. The molecule has 2 amide bonds. The molecule has 2 aliphatic rings. The van der Waals surface area contributed by atoms with Gasteiger partial charge in [-0.2, -0.15) is 5.10 Å². The minimum absolute atomic E-state index is 0.0594. The van der Waals surface area contributed by atoms with Crippen molar-refractivity contribution in [3.05, 3.63) is 46.0 Å². The number of nitrogens with zero attached hydrogens (tertiary/aromatic N) is 3. The summed E-state index contributed by atoms with van der Waals surface area (Å²) >= 11 is 6.09. The van der Waals surface area contributed by atoms with Crippen molar-refractivity contribution < 1.29 is 18.7 Å². The minimum atomic E-state index is -1.37. The molecule has 1 aromatic carbocycles. The number of hydrogen-bond donors (Lipinski definition) is 1. The summed E-state index contributed by atoms with van der Waals surface area (Å²) in [5.41, 5.74) is 6.37. The Kier molecular flexibility index (Phi) is 5.58. The highest BCUT2D eigenvalue weighted by Crippen LogP contribution is 2.34. The highest BCUT2D eigenvalue weighted by Gasteiger charge is 2.51. The van der Waals surface area contributed by atoms with Crippen LogP contribution in [0.4, 0.5) is 9.18 Å². The summed E-state index contributed by atoms with van der Waals surface area (Å²) in [5.74, 6) is -0.721. The van der Waals surface area contributed by atoms with Crippen LogP contribution in [0.15, 0.2) is 40.5 Å². The molecule has 156 valence electrons. The first kappa shape index (κ1) is 21.1. The second kappa shape index (κ2) is 7.67. The number of halogens is 2. The molecule has 0 aromatic heterocycles. The van der Waals surface area contributed by atoms with Gasteiger partial charge < -0.3 is 15.4 Å². The average molecular weight is 423 g/mol. The number of carbonyl (C=O) groups is 2. The molecule has 0 spiro atoms. The zero-order valence-electron chi connectivity index (χ0n) is 16.8. The van der Waals surface area contributed by atoms with Crippen molar-refractivity contribution in [2.45, 2.75) is 45.6 Å². The highest BCUT2D eigenvalue weighted by atomic mass is 35.5. The van der Waals surface area contributed by atoms with Gasteiger partial charge in [0.05, 0.1) is 12.1 Å². The molecule has 0 radical (unpaired) electrons. The Morgan fingerprint density at radius 3 is 2.62 bits per heavy atom. The van der Waals surface area contributed by atoms with E-state index in [9.17, 15) is 14.0 Å². The van der Waals surface area contributed by atoms with Crippen molar-refractivity contribution in [2.75, 3.05) is 13.1 Å². The Morgan fingerprint density at radius 2 is 2.03 bits per heavy atom. The Labute approximate surface area is 173 Å². The van der Waals surface area contributed by atoms with Crippen molar-refractivity contribution >= 4 is 29.3 Å². The fourth-order valence-electron chi connectivity index (χ4n) is 3.19. The van der Waals surface area contributed by atoms with Gasteiger partial charge in [0.1, 0.15) is 17.4 Å². The van der Waals surface area contributed by atoms with Gasteiger partial charge >= 0.3 is 6.09 Å². The number of hydrogen-bond acceptors (Lipinski definition) is 5. The number of amides is 2. The second-order valence-corrected chi connectivity index (χ2v) is 8.60. The number of hydrazone groups is 1. The molecule has 0 saturated carbocycles. The SMILES string of the molecule is C/C1=C(C(N)=O)\C(c2cccc(Cl)c2)=N/N2C(F)C2CN(C(=O)OC(C)(C)C)C1. The predicted molar refractivity (Wildman–Crippen MR) is 108 cm³/mol. The molecule has 0 aliphatic carbocycles. The van der Waals surface area contributed by atoms with Crippen LogP contribution in [0, 0.1) is 0 Å². The van der Waals surface area contributed by atoms with E-state index >= 15 is 0 Å². The Hall–Kier alpha value is -2.61. The first-order chi connectivity index (χ1) is 13.5. The largest absolute Gasteiger partial charge is 0.444 e. The van der Waals surface area contributed by atoms with Gasteiger partial charge in [-0.3, -0.25) is 9.80 Å². The summed E-state index contributed by atoms with van der Waals surface area (Å²) in [6, 6.07) is 6.11. The van der Waals surface area contributed by atoms with Crippen molar-refractivity contribution in [1.82, 2.24) is 9.91 Å². The van der Waals surface area contributed by atoms with Crippen molar-refractivity contribution in [3.63, 3.8) is 0 Å². The molecule has 7 nitrogen and oxygen atoms in total. The number of fused-ring (bicyclic) bond motifs is 1. The number of carbonyl (C=O) groups excluding carboxylic acids is 2. The van der Waals surface area contributed by atoms with Gasteiger partial charge in [0.25, 0.3) is 5.91 Å². The second-order valence-electron chi connectivity index (χ2n) is 8.16.